The summed E-state index contributed by atoms with van der Waals surface area (Å²) in [5.74, 6) is 0. The molecule has 17 heavy (non-hydrogen) atoms. The number of benzene rings is 1. The molecule has 0 atom stereocenters. The third kappa shape index (κ3) is 1.36. The molecule has 1 saturated carbocycles. The van der Waals surface area contributed by atoms with Gasteiger partial charge in [-0.25, -0.2) is 0 Å². The highest BCUT2D eigenvalue weighted by atomic mass is 79.9. The number of halogens is 1. The van der Waals surface area contributed by atoms with Gasteiger partial charge in [-0.1, -0.05) is 15.9 Å². The Morgan fingerprint density at radius 2 is 2.12 bits per heavy atom. The lowest BCUT2D eigenvalue weighted by atomic mass is 10.00. The number of nitrogens with zero attached hydrogens (tertiary/aromatic N) is 1. The lowest BCUT2D eigenvalue weighted by Crippen LogP contribution is -2.18. The molecule has 1 aromatic carbocycles. The van der Waals surface area contributed by atoms with Crippen molar-refractivity contribution in [3.05, 3.63) is 33.9 Å². The van der Waals surface area contributed by atoms with Crippen molar-refractivity contribution in [3.63, 3.8) is 0 Å². The zero-order valence-electron chi connectivity index (χ0n) is 9.67. The van der Waals surface area contributed by atoms with E-state index in [1.54, 1.807) is 0 Å². The predicted octanol–water partition coefficient (Wildman–Crippen LogP) is 3.30. The average molecular weight is 291 g/mol. The van der Waals surface area contributed by atoms with Gasteiger partial charge in [0.05, 0.1) is 5.52 Å². The topological polar surface area (TPSA) is 30.9 Å². The molecule has 0 radical (unpaired) electrons. The smallest absolute Gasteiger partial charge is 0.0517 e. The maximum absolute atomic E-state index is 6.39. The molecule has 0 spiro atoms. The summed E-state index contributed by atoms with van der Waals surface area (Å²) in [6.07, 6.45) is 7.00. The standard InChI is InChI=1S/C14H15BrN2/c15-10-6-9-2-1-5-17-8-12(14(16)3-4-14)11(7-10)13(9)17/h6-8H,1-5,16H2. The maximum atomic E-state index is 6.39. The van der Waals surface area contributed by atoms with E-state index in [0.29, 0.717) is 0 Å². The van der Waals surface area contributed by atoms with Crippen LogP contribution in [0.3, 0.4) is 0 Å². The molecule has 1 aliphatic heterocycles. The highest BCUT2D eigenvalue weighted by Gasteiger charge is 2.42. The van der Waals surface area contributed by atoms with Gasteiger partial charge < -0.3 is 10.3 Å². The fraction of sp³-hybridized carbons (Fsp3) is 0.429. The molecule has 3 heteroatoms. The second-order valence-electron chi connectivity index (χ2n) is 5.46. The summed E-state index contributed by atoms with van der Waals surface area (Å²) in [5.41, 5.74) is 10.6. The Balaban J connectivity index is 2.11. The van der Waals surface area contributed by atoms with Gasteiger partial charge in [0.1, 0.15) is 0 Å². The van der Waals surface area contributed by atoms with E-state index in [9.17, 15) is 0 Å². The fourth-order valence-electron chi connectivity index (χ4n) is 3.10. The minimum atomic E-state index is -0.0358. The van der Waals surface area contributed by atoms with Gasteiger partial charge in [-0.05, 0) is 48.9 Å². The molecule has 2 aromatic rings. The van der Waals surface area contributed by atoms with Crippen molar-refractivity contribution in [1.82, 2.24) is 4.57 Å². The first-order valence-electron chi connectivity index (χ1n) is 6.28. The lowest BCUT2D eigenvalue weighted by molar-refractivity contribution is 0.629. The molecule has 0 bridgehead atoms. The molecule has 0 unspecified atom stereocenters. The van der Waals surface area contributed by atoms with Crippen LogP contribution in [0.15, 0.2) is 22.8 Å². The molecule has 4 rings (SSSR count). The number of aryl methyl sites for hydroxylation is 2. The lowest BCUT2D eigenvalue weighted by Gasteiger charge is -2.15. The summed E-state index contributed by atoms with van der Waals surface area (Å²) in [7, 11) is 0. The zero-order valence-corrected chi connectivity index (χ0v) is 11.3. The van der Waals surface area contributed by atoms with Gasteiger partial charge in [-0.15, -0.1) is 0 Å². The largest absolute Gasteiger partial charge is 0.347 e. The highest BCUT2D eigenvalue weighted by Crippen LogP contribution is 2.47. The zero-order chi connectivity index (χ0) is 11.6. The molecule has 2 heterocycles. The van der Waals surface area contributed by atoms with Gasteiger partial charge in [-0.2, -0.15) is 0 Å². The Hall–Kier alpha value is -0.800. The summed E-state index contributed by atoms with van der Waals surface area (Å²) >= 11 is 3.63. The van der Waals surface area contributed by atoms with Crippen molar-refractivity contribution in [3.8, 4) is 0 Å². The number of aromatic nitrogens is 1. The molecular weight excluding hydrogens is 276 g/mol. The highest BCUT2D eigenvalue weighted by molar-refractivity contribution is 9.10. The van der Waals surface area contributed by atoms with E-state index >= 15 is 0 Å². The molecule has 1 aliphatic carbocycles. The van der Waals surface area contributed by atoms with Crippen LogP contribution in [-0.4, -0.2) is 4.57 Å². The number of rotatable bonds is 1. The van der Waals surface area contributed by atoms with Gasteiger partial charge in [-0.3, -0.25) is 0 Å². The molecule has 2 N–H and O–H groups in total. The first kappa shape index (κ1) is 10.2. The third-order valence-electron chi connectivity index (χ3n) is 4.19. The first-order chi connectivity index (χ1) is 8.17. The van der Waals surface area contributed by atoms with Crippen LogP contribution in [-0.2, 0) is 18.5 Å². The number of hydrogen-bond acceptors (Lipinski definition) is 1. The Labute approximate surface area is 109 Å². The minimum absolute atomic E-state index is 0.0358. The monoisotopic (exact) mass is 290 g/mol. The summed E-state index contributed by atoms with van der Waals surface area (Å²) in [5, 5.41) is 1.37. The second kappa shape index (κ2) is 3.15. The quantitative estimate of drug-likeness (QED) is 0.858. The van der Waals surface area contributed by atoms with E-state index in [0.717, 1.165) is 19.4 Å². The van der Waals surface area contributed by atoms with Crippen LogP contribution in [0.25, 0.3) is 10.9 Å². The van der Waals surface area contributed by atoms with Gasteiger partial charge >= 0.3 is 0 Å². The Morgan fingerprint density at radius 3 is 2.88 bits per heavy atom. The summed E-state index contributed by atoms with van der Waals surface area (Å²) < 4.78 is 3.59. The third-order valence-corrected chi connectivity index (χ3v) is 4.64. The number of hydrogen-bond donors (Lipinski definition) is 1. The van der Waals surface area contributed by atoms with Crippen LogP contribution in [0.2, 0.25) is 0 Å². The predicted molar refractivity (Wildman–Crippen MR) is 73.1 cm³/mol. The van der Waals surface area contributed by atoms with Crippen molar-refractivity contribution in [2.24, 2.45) is 5.73 Å². The molecule has 1 aromatic heterocycles. The van der Waals surface area contributed by atoms with Crippen molar-refractivity contribution in [1.29, 1.82) is 0 Å². The van der Waals surface area contributed by atoms with E-state index in [4.69, 9.17) is 5.73 Å². The Bertz CT molecular complexity index is 623. The van der Waals surface area contributed by atoms with Gasteiger partial charge in [0.25, 0.3) is 0 Å². The maximum Gasteiger partial charge on any atom is 0.0517 e. The van der Waals surface area contributed by atoms with Crippen LogP contribution in [0, 0.1) is 0 Å². The second-order valence-corrected chi connectivity index (χ2v) is 6.37. The molecule has 1 fully saturated rings. The van der Waals surface area contributed by atoms with E-state index in [2.05, 4.69) is 38.8 Å². The van der Waals surface area contributed by atoms with Crippen molar-refractivity contribution >= 4 is 26.8 Å². The Kier molecular flexibility index (Phi) is 1.88. The average Bonchev–Trinajstić information content (AvgIpc) is 2.92. The van der Waals surface area contributed by atoms with Crippen LogP contribution < -0.4 is 5.73 Å². The van der Waals surface area contributed by atoms with Crippen LogP contribution >= 0.6 is 15.9 Å². The number of nitrogens with two attached hydrogens (primary N) is 1. The van der Waals surface area contributed by atoms with Gasteiger partial charge in [0.2, 0.25) is 0 Å². The molecule has 88 valence electrons. The fourth-order valence-corrected chi connectivity index (χ4v) is 3.60. The summed E-state index contributed by atoms with van der Waals surface area (Å²) in [4.78, 5) is 0. The SMILES string of the molecule is NC1(c2cn3c4c(cc(Br)cc24)CCC3)CC1. The van der Waals surface area contributed by atoms with Crippen molar-refractivity contribution in [2.75, 3.05) is 0 Å². The molecule has 2 aliphatic rings. The molecule has 0 saturated heterocycles. The van der Waals surface area contributed by atoms with E-state index in [1.165, 1.54) is 39.3 Å². The first-order valence-corrected chi connectivity index (χ1v) is 7.07. The van der Waals surface area contributed by atoms with E-state index < -0.39 is 0 Å². The molecular formula is C14H15BrN2. The van der Waals surface area contributed by atoms with Crippen LogP contribution in [0.4, 0.5) is 0 Å². The van der Waals surface area contributed by atoms with Gasteiger partial charge in [0.15, 0.2) is 0 Å². The molecule has 0 amide bonds. The van der Waals surface area contributed by atoms with Crippen LogP contribution in [0.5, 0.6) is 0 Å². The summed E-state index contributed by atoms with van der Waals surface area (Å²) in [6, 6.07) is 4.50. The minimum Gasteiger partial charge on any atom is -0.347 e. The molecule has 2 nitrogen and oxygen atoms in total. The van der Waals surface area contributed by atoms with Crippen molar-refractivity contribution < 1.29 is 0 Å². The van der Waals surface area contributed by atoms with Crippen LogP contribution in [0.1, 0.15) is 30.4 Å². The van der Waals surface area contributed by atoms with Crippen molar-refractivity contribution in [2.45, 2.75) is 37.8 Å². The van der Waals surface area contributed by atoms with E-state index in [-0.39, 0.29) is 5.54 Å². The Morgan fingerprint density at radius 1 is 1.29 bits per heavy atom. The summed E-state index contributed by atoms with van der Waals surface area (Å²) in [6.45, 7) is 1.14. The van der Waals surface area contributed by atoms with E-state index in [1.807, 2.05) is 0 Å². The normalized spacial score (nSPS) is 20.8. The van der Waals surface area contributed by atoms with Gasteiger partial charge in [0, 0.05) is 28.1 Å².